The molecule has 0 aliphatic carbocycles. The molecule has 0 aliphatic rings. The zero-order valence-corrected chi connectivity index (χ0v) is 9.75. The van der Waals surface area contributed by atoms with E-state index in [2.05, 4.69) is 18.0 Å². The minimum absolute atomic E-state index is 0.177. The Labute approximate surface area is 96.1 Å². The molecule has 86 valence electrons. The van der Waals surface area contributed by atoms with Crippen LogP contribution >= 0.6 is 0 Å². The molecule has 0 radical (unpaired) electrons. The van der Waals surface area contributed by atoms with Crippen molar-refractivity contribution in [3.8, 4) is 5.75 Å². The van der Waals surface area contributed by atoms with Gasteiger partial charge in [0.15, 0.2) is 0 Å². The Balaban J connectivity index is 2.37. The second-order valence-electron chi connectivity index (χ2n) is 3.61. The van der Waals surface area contributed by atoms with Crippen molar-refractivity contribution in [1.82, 2.24) is 5.32 Å². The van der Waals surface area contributed by atoms with Crippen molar-refractivity contribution in [3.05, 3.63) is 42.0 Å². The molecule has 3 nitrogen and oxygen atoms in total. The van der Waals surface area contributed by atoms with Crippen LogP contribution in [0.3, 0.4) is 0 Å². The summed E-state index contributed by atoms with van der Waals surface area (Å²) in [4.78, 5) is 10.9. The van der Waals surface area contributed by atoms with Crippen molar-refractivity contribution in [2.75, 3.05) is 13.2 Å². The lowest BCUT2D eigenvalue weighted by molar-refractivity contribution is -0.116. The van der Waals surface area contributed by atoms with E-state index in [9.17, 15) is 4.79 Å². The molecule has 0 aromatic heterocycles. The van der Waals surface area contributed by atoms with E-state index in [0.717, 1.165) is 11.3 Å². The molecule has 0 saturated carbocycles. The largest absolute Gasteiger partial charge is 0.491 e. The summed E-state index contributed by atoms with van der Waals surface area (Å²) in [6, 6.07) is 6.02. The van der Waals surface area contributed by atoms with Gasteiger partial charge in [0.1, 0.15) is 12.4 Å². The van der Waals surface area contributed by atoms with Crippen molar-refractivity contribution < 1.29 is 9.53 Å². The van der Waals surface area contributed by atoms with Crippen LogP contribution < -0.4 is 10.1 Å². The van der Waals surface area contributed by atoms with Crippen LogP contribution in [0.4, 0.5) is 0 Å². The standard InChI is InChI=1S/C13H17NO2/c1-4-13(15)14-7-8-16-12-6-5-10(2)9-11(12)3/h4-6,9H,1,7-8H2,2-3H3,(H,14,15). The van der Waals surface area contributed by atoms with Crippen molar-refractivity contribution in [1.29, 1.82) is 0 Å². The summed E-state index contributed by atoms with van der Waals surface area (Å²) in [5, 5.41) is 2.65. The summed E-state index contributed by atoms with van der Waals surface area (Å²) in [5.74, 6) is 0.683. The van der Waals surface area contributed by atoms with Gasteiger partial charge in [-0.05, 0) is 31.6 Å². The monoisotopic (exact) mass is 219 g/mol. The van der Waals surface area contributed by atoms with Crippen LogP contribution in [0.2, 0.25) is 0 Å². The number of aryl methyl sites for hydroxylation is 2. The maximum absolute atomic E-state index is 10.9. The van der Waals surface area contributed by atoms with E-state index in [1.165, 1.54) is 11.6 Å². The highest BCUT2D eigenvalue weighted by Gasteiger charge is 1.99. The fraction of sp³-hybridized carbons (Fsp3) is 0.308. The van der Waals surface area contributed by atoms with Crippen LogP contribution in [0, 0.1) is 13.8 Å². The minimum atomic E-state index is -0.177. The van der Waals surface area contributed by atoms with Crippen LogP contribution in [-0.4, -0.2) is 19.1 Å². The number of hydrogen-bond donors (Lipinski definition) is 1. The van der Waals surface area contributed by atoms with E-state index in [0.29, 0.717) is 13.2 Å². The number of carbonyl (C=O) groups excluding carboxylic acids is 1. The molecular formula is C13H17NO2. The van der Waals surface area contributed by atoms with E-state index >= 15 is 0 Å². The minimum Gasteiger partial charge on any atom is -0.491 e. The number of carbonyl (C=O) groups is 1. The summed E-state index contributed by atoms with van der Waals surface area (Å²) in [6.45, 7) is 8.36. The van der Waals surface area contributed by atoms with Crippen molar-refractivity contribution in [3.63, 3.8) is 0 Å². The Morgan fingerprint density at radius 3 is 2.88 bits per heavy atom. The Morgan fingerprint density at radius 2 is 2.25 bits per heavy atom. The summed E-state index contributed by atoms with van der Waals surface area (Å²) in [6.07, 6.45) is 1.25. The molecule has 0 fully saturated rings. The van der Waals surface area contributed by atoms with Gasteiger partial charge in [0.2, 0.25) is 5.91 Å². The number of benzene rings is 1. The lowest BCUT2D eigenvalue weighted by atomic mass is 10.1. The molecule has 1 aromatic rings. The van der Waals surface area contributed by atoms with E-state index in [-0.39, 0.29) is 5.91 Å². The van der Waals surface area contributed by atoms with Crippen LogP contribution in [0.5, 0.6) is 5.75 Å². The van der Waals surface area contributed by atoms with E-state index < -0.39 is 0 Å². The van der Waals surface area contributed by atoms with Crippen LogP contribution in [-0.2, 0) is 4.79 Å². The zero-order chi connectivity index (χ0) is 12.0. The highest BCUT2D eigenvalue weighted by Crippen LogP contribution is 2.18. The predicted molar refractivity (Wildman–Crippen MR) is 64.6 cm³/mol. The first-order valence-electron chi connectivity index (χ1n) is 5.24. The third kappa shape index (κ3) is 3.77. The molecule has 0 bridgehead atoms. The maximum atomic E-state index is 10.9. The van der Waals surface area contributed by atoms with Crippen molar-refractivity contribution in [2.24, 2.45) is 0 Å². The molecule has 16 heavy (non-hydrogen) atoms. The van der Waals surface area contributed by atoms with E-state index in [4.69, 9.17) is 4.74 Å². The van der Waals surface area contributed by atoms with Gasteiger partial charge >= 0.3 is 0 Å². The van der Waals surface area contributed by atoms with Gasteiger partial charge in [-0.15, -0.1) is 0 Å². The van der Waals surface area contributed by atoms with Gasteiger partial charge in [-0.2, -0.15) is 0 Å². The third-order valence-corrected chi connectivity index (χ3v) is 2.17. The number of amides is 1. The highest BCUT2D eigenvalue weighted by molar-refractivity contribution is 5.86. The fourth-order valence-corrected chi connectivity index (χ4v) is 1.37. The average Bonchev–Trinajstić information content (AvgIpc) is 2.26. The quantitative estimate of drug-likeness (QED) is 0.607. The molecule has 0 unspecified atom stereocenters. The topological polar surface area (TPSA) is 38.3 Å². The molecule has 0 atom stereocenters. The van der Waals surface area contributed by atoms with Gasteiger partial charge in [0.05, 0.1) is 6.54 Å². The van der Waals surface area contributed by atoms with Gasteiger partial charge < -0.3 is 10.1 Å². The molecule has 0 spiro atoms. The lowest BCUT2D eigenvalue weighted by Crippen LogP contribution is -2.26. The fourth-order valence-electron chi connectivity index (χ4n) is 1.37. The van der Waals surface area contributed by atoms with Crippen molar-refractivity contribution >= 4 is 5.91 Å². The second-order valence-corrected chi connectivity index (χ2v) is 3.61. The molecule has 0 aliphatic heterocycles. The Bertz CT molecular complexity index is 386. The van der Waals surface area contributed by atoms with Gasteiger partial charge in [0, 0.05) is 0 Å². The number of rotatable bonds is 5. The summed E-state index contributed by atoms with van der Waals surface area (Å²) < 4.78 is 5.54. The second kappa shape index (κ2) is 5.95. The first-order valence-corrected chi connectivity index (χ1v) is 5.24. The van der Waals surface area contributed by atoms with Gasteiger partial charge in [0.25, 0.3) is 0 Å². The summed E-state index contributed by atoms with van der Waals surface area (Å²) >= 11 is 0. The molecule has 0 heterocycles. The van der Waals surface area contributed by atoms with E-state index in [1.54, 1.807) is 0 Å². The SMILES string of the molecule is C=CC(=O)NCCOc1ccc(C)cc1C. The highest BCUT2D eigenvalue weighted by atomic mass is 16.5. The normalized spacial score (nSPS) is 9.62. The average molecular weight is 219 g/mol. The lowest BCUT2D eigenvalue weighted by Gasteiger charge is -2.09. The predicted octanol–water partition coefficient (Wildman–Crippen LogP) is 1.98. The maximum Gasteiger partial charge on any atom is 0.243 e. The van der Waals surface area contributed by atoms with Crippen LogP contribution in [0.1, 0.15) is 11.1 Å². The summed E-state index contributed by atoms with van der Waals surface area (Å²) in [7, 11) is 0. The van der Waals surface area contributed by atoms with Gasteiger partial charge in [-0.25, -0.2) is 0 Å². The first-order chi connectivity index (χ1) is 7.63. The molecule has 1 N–H and O–H groups in total. The number of nitrogens with one attached hydrogen (secondary N) is 1. The smallest absolute Gasteiger partial charge is 0.243 e. The van der Waals surface area contributed by atoms with E-state index in [1.807, 2.05) is 26.0 Å². The molecule has 0 saturated heterocycles. The summed E-state index contributed by atoms with van der Waals surface area (Å²) in [5.41, 5.74) is 2.32. The van der Waals surface area contributed by atoms with Crippen LogP contribution in [0.25, 0.3) is 0 Å². The third-order valence-electron chi connectivity index (χ3n) is 2.17. The molecular weight excluding hydrogens is 202 g/mol. The van der Waals surface area contributed by atoms with Gasteiger partial charge in [-0.1, -0.05) is 24.3 Å². The first kappa shape index (κ1) is 12.3. The van der Waals surface area contributed by atoms with Gasteiger partial charge in [-0.3, -0.25) is 4.79 Å². The van der Waals surface area contributed by atoms with Crippen molar-refractivity contribution in [2.45, 2.75) is 13.8 Å². The number of hydrogen-bond acceptors (Lipinski definition) is 2. The Kier molecular flexibility index (Phi) is 4.58. The molecule has 1 aromatic carbocycles. The number of ether oxygens (including phenoxy) is 1. The molecule has 1 rings (SSSR count). The molecule has 1 amide bonds. The van der Waals surface area contributed by atoms with Crippen LogP contribution in [0.15, 0.2) is 30.9 Å². The zero-order valence-electron chi connectivity index (χ0n) is 9.75. The Morgan fingerprint density at radius 1 is 1.50 bits per heavy atom. The molecule has 3 heteroatoms. The Hall–Kier alpha value is -1.77.